The highest BCUT2D eigenvalue weighted by Crippen LogP contribution is 2.47. The van der Waals surface area contributed by atoms with Crippen LogP contribution in [-0.2, 0) is 5.41 Å². The van der Waals surface area contributed by atoms with E-state index in [2.05, 4.69) is 16.2 Å². The zero-order valence-corrected chi connectivity index (χ0v) is 16.8. The van der Waals surface area contributed by atoms with Crippen LogP contribution in [0.5, 0.6) is 5.75 Å². The number of amides is 1. The van der Waals surface area contributed by atoms with Gasteiger partial charge in [0.15, 0.2) is 0 Å². The lowest BCUT2D eigenvalue weighted by Crippen LogP contribution is -2.46. The van der Waals surface area contributed by atoms with E-state index in [1.807, 2.05) is 6.08 Å². The summed E-state index contributed by atoms with van der Waals surface area (Å²) in [4.78, 5) is 17.1. The molecule has 2 aliphatic rings. The van der Waals surface area contributed by atoms with Gasteiger partial charge in [0.25, 0.3) is 5.91 Å². The minimum Gasteiger partial charge on any atom is -0.406 e. The average Bonchev–Trinajstić information content (AvgIpc) is 3.02. The van der Waals surface area contributed by atoms with Crippen molar-refractivity contribution in [3.63, 3.8) is 0 Å². The maximum Gasteiger partial charge on any atom is 0.573 e. The van der Waals surface area contributed by atoms with Crippen molar-refractivity contribution in [2.75, 3.05) is 31.1 Å². The highest BCUT2D eigenvalue weighted by atomic mass is 19.4. The van der Waals surface area contributed by atoms with Gasteiger partial charge < -0.3 is 9.64 Å². The molecule has 0 aromatic heterocycles. The molecular formula is C23H22F4N2O2. The average molecular weight is 434 g/mol. The molecule has 0 aliphatic carbocycles. The van der Waals surface area contributed by atoms with Crippen LogP contribution < -0.4 is 9.64 Å². The summed E-state index contributed by atoms with van der Waals surface area (Å²) in [6, 6.07) is 9.38. The van der Waals surface area contributed by atoms with E-state index in [0.29, 0.717) is 12.2 Å². The molecule has 164 valence electrons. The monoisotopic (exact) mass is 434 g/mol. The van der Waals surface area contributed by atoms with E-state index in [4.69, 9.17) is 0 Å². The van der Waals surface area contributed by atoms with Crippen LogP contribution in [0.1, 0.15) is 28.8 Å². The Bertz CT molecular complexity index is 997. The molecule has 0 radical (unpaired) electrons. The van der Waals surface area contributed by atoms with Crippen molar-refractivity contribution in [2.45, 2.75) is 24.6 Å². The Hall–Kier alpha value is -2.87. The first kappa shape index (κ1) is 21.4. The van der Waals surface area contributed by atoms with E-state index in [1.54, 1.807) is 11.0 Å². The van der Waals surface area contributed by atoms with E-state index in [9.17, 15) is 22.4 Å². The zero-order valence-electron chi connectivity index (χ0n) is 16.8. The second-order valence-corrected chi connectivity index (χ2v) is 8.00. The van der Waals surface area contributed by atoms with Crippen molar-refractivity contribution in [2.24, 2.45) is 0 Å². The van der Waals surface area contributed by atoms with Crippen molar-refractivity contribution >= 4 is 11.6 Å². The molecule has 0 N–H and O–H groups in total. The van der Waals surface area contributed by atoms with Crippen LogP contribution in [0.3, 0.4) is 0 Å². The number of benzene rings is 2. The number of likely N-dealkylation sites (tertiary alicyclic amines) is 1. The van der Waals surface area contributed by atoms with Gasteiger partial charge in [0, 0.05) is 29.8 Å². The number of piperidine rings is 1. The Balaban J connectivity index is 1.64. The van der Waals surface area contributed by atoms with Crippen molar-refractivity contribution in [3.05, 3.63) is 72.1 Å². The molecule has 4 rings (SSSR count). The molecule has 1 spiro atoms. The Labute approximate surface area is 177 Å². The number of rotatable bonds is 4. The standard InChI is InChI=1S/C23H22F4N2O2/c1-2-10-28-11-8-22(9-12-28)15-29(20-7-6-17(24)14-19(20)22)21(30)16-4-3-5-18(13-16)31-23(25,26)27/h2-7,13-14H,1,8-12,15H2. The molecule has 31 heavy (non-hydrogen) atoms. The fourth-order valence-corrected chi connectivity index (χ4v) is 4.58. The molecule has 2 heterocycles. The minimum absolute atomic E-state index is 0.0816. The van der Waals surface area contributed by atoms with Crippen LogP contribution in [0.15, 0.2) is 55.1 Å². The Morgan fingerprint density at radius 3 is 2.58 bits per heavy atom. The summed E-state index contributed by atoms with van der Waals surface area (Å²) in [5, 5.41) is 0. The molecule has 1 fully saturated rings. The van der Waals surface area contributed by atoms with Gasteiger partial charge in [-0.25, -0.2) is 4.39 Å². The predicted molar refractivity (Wildman–Crippen MR) is 109 cm³/mol. The van der Waals surface area contributed by atoms with Gasteiger partial charge in [-0.3, -0.25) is 9.69 Å². The first-order valence-corrected chi connectivity index (χ1v) is 10.0. The van der Waals surface area contributed by atoms with Gasteiger partial charge in [-0.2, -0.15) is 0 Å². The molecule has 8 heteroatoms. The molecular weight excluding hydrogens is 412 g/mol. The molecule has 0 saturated carbocycles. The summed E-state index contributed by atoms with van der Waals surface area (Å²) in [5.74, 6) is -1.27. The molecule has 1 saturated heterocycles. The van der Waals surface area contributed by atoms with E-state index in [0.717, 1.165) is 50.2 Å². The maximum absolute atomic E-state index is 14.1. The molecule has 2 aliphatic heterocycles. The van der Waals surface area contributed by atoms with Crippen LogP contribution in [0, 0.1) is 5.82 Å². The third-order valence-corrected chi connectivity index (χ3v) is 6.04. The van der Waals surface area contributed by atoms with E-state index in [1.165, 1.54) is 24.3 Å². The highest BCUT2D eigenvalue weighted by molar-refractivity contribution is 6.08. The lowest BCUT2D eigenvalue weighted by Gasteiger charge is -2.39. The third kappa shape index (κ3) is 4.30. The van der Waals surface area contributed by atoms with E-state index < -0.39 is 18.0 Å². The van der Waals surface area contributed by atoms with Crippen molar-refractivity contribution in [1.82, 2.24) is 4.90 Å². The lowest BCUT2D eigenvalue weighted by atomic mass is 9.74. The lowest BCUT2D eigenvalue weighted by molar-refractivity contribution is -0.274. The Morgan fingerprint density at radius 1 is 1.16 bits per heavy atom. The van der Waals surface area contributed by atoms with Crippen LogP contribution in [-0.4, -0.2) is 43.3 Å². The zero-order chi connectivity index (χ0) is 22.2. The second-order valence-electron chi connectivity index (χ2n) is 8.00. The number of fused-ring (bicyclic) bond motifs is 2. The van der Waals surface area contributed by atoms with Crippen molar-refractivity contribution < 1.29 is 27.1 Å². The SMILES string of the molecule is C=CCN1CCC2(CC1)CN(C(=O)c1cccc(OC(F)(F)F)c1)c1ccc(F)cc12. The molecule has 2 aromatic carbocycles. The first-order chi connectivity index (χ1) is 14.7. The normalized spacial score (nSPS) is 18.1. The van der Waals surface area contributed by atoms with Gasteiger partial charge in [-0.1, -0.05) is 12.1 Å². The van der Waals surface area contributed by atoms with Crippen LogP contribution in [0.2, 0.25) is 0 Å². The molecule has 0 bridgehead atoms. The summed E-state index contributed by atoms with van der Waals surface area (Å²) in [7, 11) is 0. The maximum atomic E-state index is 14.1. The Morgan fingerprint density at radius 2 is 1.90 bits per heavy atom. The topological polar surface area (TPSA) is 32.8 Å². The molecule has 0 unspecified atom stereocenters. The number of hydrogen-bond acceptors (Lipinski definition) is 3. The van der Waals surface area contributed by atoms with Gasteiger partial charge in [0.1, 0.15) is 11.6 Å². The number of hydrogen-bond donors (Lipinski definition) is 0. The number of halogens is 4. The molecule has 0 atom stereocenters. The van der Waals surface area contributed by atoms with Gasteiger partial charge in [0.05, 0.1) is 0 Å². The summed E-state index contributed by atoms with van der Waals surface area (Å²) in [6.45, 7) is 6.47. The smallest absolute Gasteiger partial charge is 0.406 e. The predicted octanol–water partition coefficient (Wildman–Crippen LogP) is 4.90. The largest absolute Gasteiger partial charge is 0.573 e. The summed E-state index contributed by atoms with van der Waals surface area (Å²) < 4.78 is 55.8. The summed E-state index contributed by atoms with van der Waals surface area (Å²) in [6.07, 6.45) is -1.51. The quantitative estimate of drug-likeness (QED) is 0.507. The van der Waals surface area contributed by atoms with Gasteiger partial charge in [-0.05, 0) is 67.9 Å². The fraction of sp³-hybridized carbons (Fsp3) is 0.348. The van der Waals surface area contributed by atoms with Crippen molar-refractivity contribution in [3.8, 4) is 5.75 Å². The van der Waals surface area contributed by atoms with Crippen LogP contribution in [0.25, 0.3) is 0 Å². The van der Waals surface area contributed by atoms with Gasteiger partial charge in [-0.15, -0.1) is 19.8 Å². The second kappa shape index (κ2) is 8.00. The number of ether oxygens (including phenoxy) is 1. The number of carbonyl (C=O) groups is 1. The fourth-order valence-electron chi connectivity index (χ4n) is 4.58. The number of alkyl halides is 3. The number of anilines is 1. The minimum atomic E-state index is -4.84. The Kier molecular flexibility index (Phi) is 5.51. The highest BCUT2D eigenvalue weighted by Gasteiger charge is 2.46. The van der Waals surface area contributed by atoms with Gasteiger partial charge >= 0.3 is 6.36 Å². The van der Waals surface area contributed by atoms with E-state index >= 15 is 0 Å². The third-order valence-electron chi connectivity index (χ3n) is 6.04. The number of carbonyl (C=O) groups excluding carboxylic acids is 1. The number of nitrogens with zero attached hydrogens (tertiary/aromatic N) is 2. The van der Waals surface area contributed by atoms with Crippen molar-refractivity contribution in [1.29, 1.82) is 0 Å². The molecule has 1 amide bonds. The molecule has 2 aromatic rings. The van der Waals surface area contributed by atoms with Gasteiger partial charge in [0.2, 0.25) is 0 Å². The molecule has 4 nitrogen and oxygen atoms in total. The van der Waals surface area contributed by atoms with E-state index in [-0.39, 0.29) is 16.8 Å². The first-order valence-electron chi connectivity index (χ1n) is 10.0. The van der Waals surface area contributed by atoms with Crippen LogP contribution >= 0.6 is 0 Å². The summed E-state index contributed by atoms with van der Waals surface area (Å²) in [5.41, 5.74) is 1.08. The summed E-state index contributed by atoms with van der Waals surface area (Å²) >= 11 is 0. The van der Waals surface area contributed by atoms with Crippen LogP contribution in [0.4, 0.5) is 23.2 Å².